The van der Waals surface area contributed by atoms with Gasteiger partial charge in [0.2, 0.25) is 0 Å². The summed E-state index contributed by atoms with van der Waals surface area (Å²) < 4.78 is 2.56. The smallest absolute Gasteiger partial charge is 0.0492 e. The van der Waals surface area contributed by atoms with E-state index in [-0.39, 0.29) is 0 Å². The largest absolute Gasteiger partial charge is 0.340 e. The number of nitrogens with zero attached hydrogens (tertiary/aromatic N) is 3. The summed E-state index contributed by atoms with van der Waals surface area (Å²) in [5, 5.41) is 7.48. The van der Waals surface area contributed by atoms with Crippen LogP contribution in [0.5, 0.6) is 0 Å². The Kier molecular flexibility index (Phi) is 8.83. The molecule has 258 valence electrons. The van der Waals surface area contributed by atoms with Gasteiger partial charge >= 0.3 is 0 Å². The molecule has 0 saturated carbocycles. The van der Waals surface area contributed by atoms with Crippen LogP contribution >= 0.6 is 0 Å². The number of aromatic nitrogens is 1. The monoisotopic (exact) mass is 685 g/mol. The van der Waals surface area contributed by atoms with Crippen molar-refractivity contribution in [2.45, 2.75) is 39.2 Å². The zero-order chi connectivity index (χ0) is 35.6. The highest BCUT2D eigenvalue weighted by Crippen LogP contribution is 2.42. The molecular weight excluding hydrogens is 643 g/mol. The Bertz CT molecular complexity index is 2500. The topological polar surface area (TPSA) is 11.4 Å². The number of aryl methyl sites for hydroxylation is 1. The predicted octanol–water partition coefficient (Wildman–Crippen LogP) is 14.6. The lowest BCUT2D eigenvalue weighted by molar-refractivity contribution is 0.602. The zero-order valence-corrected chi connectivity index (χ0v) is 30.2. The highest BCUT2D eigenvalue weighted by Gasteiger charge is 2.19. The average Bonchev–Trinajstić information content (AvgIpc) is 3.52. The second-order valence-corrected chi connectivity index (χ2v) is 14.0. The van der Waals surface area contributed by atoms with E-state index < -0.39 is 0 Å². The normalized spacial score (nSPS) is 11.5. The molecule has 8 aromatic carbocycles. The SMILES string of the molecule is CCCCCCn1c2ccc(N(c3ccccc3)c3ccc4ccccc4c3)cc2c2cc(N(c3ccccc3)c3ccc4ccccc4c3)ccc21. The van der Waals surface area contributed by atoms with Crippen molar-refractivity contribution in [2.75, 3.05) is 9.80 Å². The average molecular weight is 686 g/mol. The van der Waals surface area contributed by atoms with Gasteiger partial charge in [-0.2, -0.15) is 0 Å². The van der Waals surface area contributed by atoms with Gasteiger partial charge in [0.25, 0.3) is 0 Å². The molecule has 1 heterocycles. The molecule has 0 bridgehead atoms. The van der Waals surface area contributed by atoms with Crippen molar-refractivity contribution in [1.82, 2.24) is 4.57 Å². The third kappa shape index (κ3) is 6.29. The van der Waals surface area contributed by atoms with E-state index in [2.05, 4.69) is 203 Å². The summed E-state index contributed by atoms with van der Waals surface area (Å²) in [5.41, 5.74) is 9.40. The second kappa shape index (κ2) is 14.4. The van der Waals surface area contributed by atoms with Crippen LogP contribution in [0.1, 0.15) is 32.6 Å². The number of para-hydroxylation sites is 2. The number of hydrogen-bond donors (Lipinski definition) is 0. The Morgan fingerprint density at radius 1 is 0.358 bits per heavy atom. The summed E-state index contributed by atoms with van der Waals surface area (Å²) >= 11 is 0. The first-order valence-corrected chi connectivity index (χ1v) is 19.0. The minimum atomic E-state index is 0.999. The molecule has 0 aliphatic rings. The van der Waals surface area contributed by atoms with Crippen molar-refractivity contribution < 1.29 is 0 Å². The number of anilines is 6. The minimum Gasteiger partial charge on any atom is -0.340 e. The Balaban J connectivity index is 1.24. The van der Waals surface area contributed by atoms with Crippen LogP contribution < -0.4 is 9.80 Å². The predicted molar refractivity (Wildman–Crippen MR) is 228 cm³/mol. The van der Waals surface area contributed by atoms with Gasteiger partial charge < -0.3 is 14.4 Å². The van der Waals surface area contributed by atoms with Gasteiger partial charge in [-0.25, -0.2) is 0 Å². The standard InChI is InChI=1S/C50H43N3/c1-2-3-4-15-32-51-49-30-28-45(52(41-20-7-5-8-21-41)43-26-24-37-16-11-13-18-39(37)33-43)35-47(49)48-36-46(29-31-50(48)51)53(42-22-9-6-10-23-42)44-27-25-38-17-12-14-19-40(38)34-44/h5-14,16-31,33-36H,2-4,15,32H2,1H3. The number of rotatable bonds is 11. The van der Waals surface area contributed by atoms with Crippen LogP contribution in [0.3, 0.4) is 0 Å². The Morgan fingerprint density at radius 3 is 1.25 bits per heavy atom. The molecular formula is C50H43N3. The maximum atomic E-state index is 2.56. The van der Waals surface area contributed by atoms with Crippen molar-refractivity contribution in [2.24, 2.45) is 0 Å². The van der Waals surface area contributed by atoms with E-state index >= 15 is 0 Å². The lowest BCUT2D eigenvalue weighted by Crippen LogP contribution is -2.10. The summed E-state index contributed by atoms with van der Waals surface area (Å²) in [6, 6.07) is 66.4. The molecule has 9 rings (SSSR count). The van der Waals surface area contributed by atoms with Crippen LogP contribution in [-0.4, -0.2) is 4.57 Å². The van der Waals surface area contributed by atoms with E-state index in [1.165, 1.54) is 62.6 Å². The van der Waals surface area contributed by atoms with E-state index in [9.17, 15) is 0 Å². The highest BCUT2D eigenvalue weighted by molar-refractivity contribution is 6.11. The lowest BCUT2D eigenvalue weighted by Gasteiger charge is -2.26. The number of fused-ring (bicyclic) bond motifs is 5. The number of unbranched alkanes of at least 4 members (excludes halogenated alkanes) is 3. The maximum absolute atomic E-state index is 2.56. The molecule has 0 saturated heterocycles. The van der Waals surface area contributed by atoms with E-state index in [4.69, 9.17) is 0 Å². The van der Waals surface area contributed by atoms with Crippen molar-refractivity contribution in [1.29, 1.82) is 0 Å². The molecule has 0 N–H and O–H groups in total. The fourth-order valence-corrected chi connectivity index (χ4v) is 7.98. The summed E-state index contributed by atoms with van der Waals surface area (Å²) in [5.74, 6) is 0. The van der Waals surface area contributed by atoms with Gasteiger partial charge in [0.05, 0.1) is 0 Å². The first-order valence-electron chi connectivity index (χ1n) is 19.0. The maximum Gasteiger partial charge on any atom is 0.0492 e. The van der Waals surface area contributed by atoms with Crippen LogP contribution in [0.4, 0.5) is 34.1 Å². The first-order chi connectivity index (χ1) is 26.2. The Labute approximate surface area is 312 Å². The van der Waals surface area contributed by atoms with Crippen LogP contribution in [0, 0.1) is 0 Å². The lowest BCUT2D eigenvalue weighted by atomic mass is 10.1. The molecule has 1 aromatic heterocycles. The van der Waals surface area contributed by atoms with Crippen LogP contribution in [0.2, 0.25) is 0 Å². The van der Waals surface area contributed by atoms with Crippen molar-refractivity contribution in [3.63, 3.8) is 0 Å². The van der Waals surface area contributed by atoms with Crippen LogP contribution in [0.25, 0.3) is 43.4 Å². The van der Waals surface area contributed by atoms with E-state index in [0.717, 1.165) is 47.1 Å². The van der Waals surface area contributed by atoms with Gasteiger partial charge in [-0.3, -0.25) is 0 Å². The molecule has 0 amide bonds. The number of hydrogen-bond acceptors (Lipinski definition) is 2. The van der Waals surface area contributed by atoms with Gasteiger partial charge in [0.1, 0.15) is 0 Å². The molecule has 3 nitrogen and oxygen atoms in total. The summed E-state index contributed by atoms with van der Waals surface area (Å²) in [6.45, 7) is 3.28. The first kappa shape index (κ1) is 32.6. The molecule has 0 radical (unpaired) electrons. The molecule has 3 heteroatoms. The third-order valence-corrected chi connectivity index (χ3v) is 10.6. The molecule has 0 atom stereocenters. The molecule has 0 aliphatic carbocycles. The van der Waals surface area contributed by atoms with Crippen LogP contribution in [-0.2, 0) is 6.54 Å². The summed E-state index contributed by atoms with van der Waals surface area (Å²) in [6.07, 6.45) is 4.90. The zero-order valence-electron chi connectivity index (χ0n) is 30.2. The Morgan fingerprint density at radius 2 is 0.774 bits per heavy atom. The molecule has 0 spiro atoms. The Hall–Kier alpha value is -6.32. The number of benzene rings is 8. The quantitative estimate of drug-likeness (QED) is 0.126. The van der Waals surface area contributed by atoms with Crippen LogP contribution in [0.15, 0.2) is 182 Å². The highest BCUT2D eigenvalue weighted by atomic mass is 15.1. The summed E-state index contributed by atoms with van der Waals surface area (Å²) in [4.78, 5) is 4.79. The molecule has 0 unspecified atom stereocenters. The second-order valence-electron chi connectivity index (χ2n) is 14.0. The van der Waals surface area contributed by atoms with Crippen molar-refractivity contribution in [3.05, 3.63) is 182 Å². The van der Waals surface area contributed by atoms with Crippen molar-refractivity contribution in [3.8, 4) is 0 Å². The fourth-order valence-electron chi connectivity index (χ4n) is 7.98. The van der Waals surface area contributed by atoms with Gasteiger partial charge in [-0.1, -0.05) is 123 Å². The summed E-state index contributed by atoms with van der Waals surface area (Å²) in [7, 11) is 0. The van der Waals surface area contributed by atoms with Gasteiger partial charge in [-0.15, -0.1) is 0 Å². The molecule has 53 heavy (non-hydrogen) atoms. The van der Waals surface area contributed by atoms with Gasteiger partial charge in [0.15, 0.2) is 0 Å². The fraction of sp³-hybridized carbons (Fsp3) is 0.120. The van der Waals surface area contributed by atoms with Crippen molar-refractivity contribution >= 4 is 77.5 Å². The van der Waals surface area contributed by atoms with E-state index in [0.29, 0.717) is 0 Å². The minimum absolute atomic E-state index is 0.999. The molecule has 0 aliphatic heterocycles. The van der Waals surface area contributed by atoms with Gasteiger partial charge in [-0.05, 0) is 113 Å². The van der Waals surface area contributed by atoms with E-state index in [1.54, 1.807) is 0 Å². The van der Waals surface area contributed by atoms with Gasteiger partial charge in [0, 0.05) is 62.5 Å². The molecule has 0 fully saturated rings. The molecule has 9 aromatic rings. The third-order valence-electron chi connectivity index (χ3n) is 10.6. The van der Waals surface area contributed by atoms with E-state index in [1.807, 2.05) is 0 Å².